The maximum atomic E-state index is 14.0. The van der Waals surface area contributed by atoms with Gasteiger partial charge in [-0.05, 0) is 19.9 Å². The first-order valence-corrected chi connectivity index (χ1v) is 6.77. The summed E-state index contributed by atoms with van der Waals surface area (Å²) in [7, 11) is 1.52. The van der Waals surface area contributed by atoms with Gasteiger partial charge in [0.2, 0.25) is 0 Å². The summed E-state index contributed by atoms with van der Waals surface area (Å²) >= 11 is 0. The topological polar surface area (TPSA) is 41.9 Å². The first-order chi connectivity index (χ1) is 9.43. The number of methoxy groups -OCH3 is 1. The highest BCUT2D eigenvalue weighted by Crippen LogP contribution is 2.24. The van der Waals surface area contributed by atoms with Crippen molar-refractivity contribution in [3.63, 3.8) is 0 Å². The van der Waals surface area contributed by atoms with Crippen molar-refractivity contribution in [3.8, 4) is 5.75 Å². The van der Waals surface area contributed by atoms with Crippen molar-refractivity contribution in [2.24, 2.45) is 0 Å². The van der Waals surface area contributed by atoms with E-state index < -0.39 is 0 Å². The Morgan fingerprint density at radius 3 is 2.85 bits per heavy atom. The lowest BCUT2D eigenvalue weighted by molar-refractivity contribution is -0.150. The van der Waals surface area contributed by atoms with Gasteiger partial charge in [0.15, 0.2) is 0 Å². The van der Waals surface area contributed by atoms with Gasteiger partial charge in [0.1, 0.15) is 11.6 Å². The summed E-state index contributed by atoms with van der Waals surface area (Å²) < 4.78 is 24.7. The number of ether oxygens (including phenoxy) is 2. The highest BCUT2D eigenvalue weighted by atomic mass is 19.1. The average molecular weight is 283 g/mol. The number of nitrogens with zero attached hydrogens (tertiary/aromatic N) is 1. The van der Waals surface area contributed by atoms with Crippen LogP contribution in [-0.2, 0) is 11.3 Å². The van der Waals surface area contributed by atoms with E-state index in [0.717, 1.165) is 0 Å². The van der Waals surface area contributed by atoms with Gasteiger partial charge >= 0.3 is 0 Å². The van der Waals surface area contributed by atoms with Crippen molar-refractivity contribution in [2.45, 2.75) is 32.1 Å². The zero-order valence-electron chi connectivity index (χ0n) is 12.2. The molecule has 1 saturated heterocycles. The predicted molar refractivity (Wildman–Crippen MR) is 74.3 cm³/mol. The Bertz CT molecular complexity index is 464. The van der Waals surface area contributed by atoms with Crippen LogP contribution in [0.2, 0.25) is 0 Å². The number of morpholine rings is 1. The summed E-state index contributed by atoms with van der Waals surface area (Å²) in [4.78, 5) is 2.11. The van der Waals surface area contributed by atoms with Gasteiger partial charge in [-0.2, -0.15) is 0 Å². The van der Waals surface area contributed by atoms with Gasteiger partial charge in [0.05, 0.1) is 25.4 Å². The first kappa shape index (κ1) is 15.2. The minimum Gasteiger partial charge on any atom is -0.497 e. The van der Waals surface area contributed by atoms with Crippen molar-refractivity contribution in [3.05, 3.63) is 29.6 Å². The van der Waals surface area contributed by atoms with Gasteiger partial charge in [0, 0.05) is 31.3 Å². The molecule has 0 bridgehead atoms. The molecule has 1 atom stereocenters. The van der Waals surface area contributed by atoms with E-state index in [9.17, 15) is 9.50 Å². The smallest absolute Gasteiger partial charge is 0.131 e. The van der Waals surface area contributed by atoms with E-state index in [-0.39, 0.29) is 24.1 Å². The third-order valence-electron chi connectivity index (χ3n) is 3.41. The third kappa shape index (κ3) is 3.69. The molecule has 1 fully saturated rings. The van der Waals surface area contributed by atoms with Crippen LogP contribution < -0.4 is 4.74 Å². The van der Waals surface area contributed by atoms with Gasteiger partial charge < -0.3 is 14.6 Å². The predicted octanol–water partition coefficient (Wildman–Crippen LogP) is 1.81. The molecular formula is C15H22FNO3. The molecule has 1 aromatic carbocycles. The highest BCUT2D eigenvalue weighted by molar-refractivity contribution is 5.28. The first-order valence-electron chi connectivity index (χ1n) is 6.77. The fourth-order valence-electron chi connectivity index (χ4n) is 2.66. The number of rotatable bonds is 4. The van der Waals surface area contributed by atoms with E-state index in [1.165, 1.54) is 13.2 Å². The molecule has 0 saturated carbocycles. The van der Waals surface area contributed by atoms with E-state index in [4.69, 9.17) is 9.47 Å². The second kappa shape index (κ2) is 6.08. The van der Waals surface area contributed by atoms with Crippen molar-refractivity contribution in [1.29, 1.82) is 0 Å². The van der Waals surface area contributed by atoms with Crippen molar-refractivity contribution in [1.82, 2.24) is 4.90 Å². The van der Waals surface area contributed by atoms with Crippen LogP contribution in [0.15, 0.2) is 18.2 Å². The molecule has 1 aliphatic heterocycles. The number of halogens is 1. The molecule has 0 aromatic heterocycles. The second-order valence-electron chi connectivity index (χ2n) is 5.81. The molecule has 112 valence electrons. The number of aliphatic hydroxyl groups excluding tert-OH is 1. The fourth-order valence-corrected chi connectivity index (χ4v) is 2.66. The molecule has 20 heavy (non-hydrogen) atoms. The Morgan fingerprint density at radius 2 is 2.25 bits per heavy atom. The molecule has 0 aliphatic carbocycles. The van der Waals surface area contributed by atoms with E-state index in [1.807, 2.05) is 13.8 Å². The maximum absolute atomic E-state index is 14.0. The molecule has 1 aliphatic rings. The number of aliphatic hydroxyl groups is 1. The molecular weight excluding hydrogens is 261 g/mol. The van der Waals surface area contributed by atoms with E-state index in [2.05, 4.69) is 4.90 Å². The Kier molecular flexibility index (Phi) is 4.62. The molecule has 1 unspecified atom stereocenters. The molecule has 1 heterocycles. The number of hydrogen-bond donors (Lipinski definition) is 1. The van der Waals surface area contributed by atoms with E-state index in [1.54, 1.807) is 12.1 Å². The van der Waals surface area contributed by atoms with Crippen LogP contribution in [-0.4, -0.2) is 48.5 Å². The molecule has 1 N–H and O–H groups in total. The Hall–Kier alpha value is -1.17. The molecule has 0 radical (unpaired) electrons. The van der Waals surface area contributed by atoms with Crippen LogP contribution in [0.25, 0.3) is 0 Å². The molecule has 0 amide bonds. The van der Waals surface area contributed by atoms with Crippen LogP contribution >= 0.6 is 0 Å². The Labute approximate surface area is 119 Å². The van der Waals surface area contributed by atoms with E-state index >= 15 is 0 Å². The van der Waals surface area contributed by atoms with Gasteiger partial charge in [-0.15, -0.1) is 0 Å². The van der Waals surface area contributed by atoms with Gasteiger partial charge in [0.25, 0.3) is 0 Å². The summed E-state index contributed by atoms with van der Waals surface area (Å²) in [5.74, 6) is 0.246. The molecule has 4 nitrogen and oxygen atoms in total. The van der Waals surface area contributed by atoms with Crippen molar-refractivity contribution >= 4 is 0 Å². The standard InChI is InChI=1S/C15H22FNO3/c1-15(2)10-17(8-13(9-18)20-15)7-11-4-5-12(19-3)6-14(11)16/h4-6,13,18H,7-10H2,1-3H3. The maximum Gasteiger partial charge on any atom is 0.131 e. The third-order valence-corrected chi connectivity index (χ3v) is 3.41. The van der Waals surface area contributed by atoms with Crippen LogP contribution in [0.1, 0.15) is 19.4 Å². The Morgan fingerprint density at radius 1 is 1.50 bits per heavy atom. The lowest BCUT2D eigenvalue weighted by Crippen LogP contribution is -2.53. The summed E-state index contributed by atoms with van der Waals surface area (Å²) in [6.07, 6.45) is -0.222. The summed E-state index contributed by atoms with van der Waals surface area (Å²) in [6.45, 7) is 5.74. The summed E-state index contributed by atoms with van der Waals surface area (Å²) in [5.41, 5.74) is 0.286. The van der Waals surface area contributed by atoms with E-state index in [0.29, 0.717) is 30.9 Å². The zero-order valence-corrected chi connectivity index (χ0v) is 12.2. The second-order valence-corrected chi connectivity index (χ2v) is 5.81. The minimum atomic E-state index is -0.339. The molecule has 5 heteroatoms. The van der Waals surface area contributed by atoms with Crippen molar-refractivity contribution in [2.75, 3.05) is 26.8 Å². The quantitative estimate of drug-likeness (QED) is 0.915. The summed E-state index contributed by atoms with van der Waals surface area (Å²) in [6, 6.07) is 4.89. The lowest BCUT2D eigenvalue weighted by Gasteiger charge is -2.42. The number of hydrogen-bond acceptors (Lipinski definition) is 4. The van der Waals surface area contributed by atoms with Crippen LogP contribution in [0, 0.1) is 5.82 Å². The largest absolute Gasteiger partial charge is 0.497 e. The average Bonchev–Trinajstić information content (AvgIpc) is 2.39. The Balaban J connectivity index is 2.09. The zero-order chi connectivity index (χ0) is 14.8. The fraction of sp³-hybridized carbons (Fsp3) is 0.600. The normalized spacial score (nSPS) is 22.8. The summed E-state index contributed by atoms with van der Waals surface area (Å²) in [5, 5.41) is 9.29. The van der Waals surface area contributed by atoms with Gasteiger partial charge in [-0.3, -0.25) is 4.90 Å². The number of benzene rings is 1. The van der Waals surface area contributed by atoms with Crippen LogP contribution in [0.4, 0.5) is 4.39 Å². The monoisotopic (exact) mass is 283 g/mol. The minimum absolute atomic E-state index is 0.0228. The molecule has 0 spiro atoms. The van der Waals surface area contributed by atoms with Gasteiger partial charge in [-0.1, -0.05) is 6.07 Å². The van der Waals surface area contributed by atoms with Crippen LogP contribution in [0.3, 0.4) is 0 Å². The van der Waals surface area contributed by atoms with Crippen LogP contribution in [0.5, 0.6) is 5.75 Å². The SMILES string of the molecule is COc1ccc(CN2CC(CO)OC(C)(C)C2)c(F)c1. The highest BCUT2D eigenvalue weighted by Gasteiger charge is 2.33. The van der Waals surface area contributed by atoms with Crippen molar-refractivity contribution < 1.29 is 19.0 Å². The molecule has 1 aromatic rings. The lowest BCUT2D eigenvalue weighted by atomic mass is 10.0. The van der Waals surface area contributed by atoms with Gasteiger partial charge in [-0.25, -0.2) is 4.39 Å². The molecule has 2 rings (SSSR count).